The zero-order chi connectivity index (χ0) is 16.0. The van der Waals surface area contributed by atoms with Gasteiger partial charge in [-0.25, -0.2) is 0 Å². The molecule has 5 nitrogen and oxygen atoms in total. The van der Waals surface area contributed by atoms with Crippen LogP contribution in [0.15, 0.2) is 24.3 Å². The second-order valence-corrected chi connectivity index (χ2v) is 6.20. The first-order valence-electron chi connectivity index (χ1n) is 7.17. The molecule has 1 aromatic rings. The lowest BCUT2D eigenvalue weighted by atomic mass is 9.85. The molecule has 0 aliphatic rings. The minimum atomic E-state index is -0.194. The Morgan fingerprint density at radius 1 is 1.05 bits per heavy atom. The van der Waals surface area contributed by atoms with E-state index in [1.165, 1.54) is 0 Å². The van der Waals surface area contributed by atoms with Crippen LogP contribution in [0.5, 0.6) is 0 Å². The molecule has 1 unspecified atom stereocenters. The summed E-state index contributed by atoms with van der Waals surface area (Å²) in [7, 11) is 0. The van der Waals surface area contributed by atoms with E-state index in [0.717, 1.165) is 0 Å². The van der Waals surface area contributed by atoms with Gasteiger partial charge in [0.15, 0.2) is 0 Å². The smallest absolute Gasteiger partial charge is 0.225 e. The Bertz CT molecular complexity index is 489. The molecule has 4 N–H and O–H groups in total. The van der Waals surface area contributed by atoms with Crippen molar-refractivity contribution in [3.63, 3.8) is 0 Å². The van der Waals surface area contributed by atoms with Crippen molar-refractivity contribution in [2.24, 2.45) is 11.1 Å². The first-order valence-corrected chi connectivity index (χ1v) is 7.17. The normalized spacial score (nSPS) is 12.6. The summed E-state index contributed by atoms with van der Waals surface area (Å²) in [5.74, 6) is -0.147. The number of carbonyl (C=O) groups is 2. The summed E-state index contributed by atoms with van der Waals surface area (Å²) in [4.78, 5) is 23.2. The molecule has 0 aliphatic heterocycles. The molecule has 0 aromatic heterocycles. The molecule has 0 aliphatic carbocycles. The van der Waals surface area contributed by atoms with Crippen LogP contribution in [0.3, 0.4) is 0 Å². The summed E-state index contributed by atoms with van der Waals surface area (Å²) >= 11 is 0. The van der Waals surface area contributed by atoms with Crippen LogP contribution in [0.25, 0.3) is 0 Å². The Labute approximate surface area is 126 Å². The molecule has 1 atom stereocenters. The second kappa shape index (κ2) is 7.22. The van der Waals surface area contributed by atoms with Gasteiger partial charge in [0.2, 0.25) is 11.8 Å². The SMILES string of the molecule is CCC(=O)Nc1ccc(NC(=O)CC(N)C(C)(C)C)cc1. The first-order chi connectivity index (χ1) is 9.72. The summed E-state index contributed by atoms with van der Waals surface area (Å²) < 4.78 is 0. The number of amides is 2. The largest absolute Gasteiger partial charge is 0.327 e. The minimum absolute atomic E-state index is 0.0389. The fourth-order valence-corrected chi connectivity index (χ4v) is 1.60. The number of benzene rings is 1. The van der Waals surface area contributed by atoms with Crippen LogP contribution in [0.2, 0.25) is 0 Å². The molecule has 0 radical (unpaired) electrons. The van der Waals surface area contributed by atoms with Gasteiger partial charge in [0, 0.05) is 30.3 Å². The van der Waals surface area contributed by atoms with Crippen molar-refractivity contribution in [3.05, 3.63) is 24.3 Å². The van der Waals surface area contributed by atoms with Crippen LogP contribution in [0.1, 0.15) is 40.5 Å². The fourth-order valence-electron chi connectivity index (χ4n) is 1.60. The van der Waals surface area contributed by atoms with Crippen LogP contribution in [-0.2, 0) is 9.59 Å². The van der Waals surface area contributed by atoms with Crippen LogP contribution < -0.4 is 16.4 Å². The summed E-state index contributed by atoms with van der Waals surface area (Å²) in [5.41, 5.74) is 7.29. The predicted octanol–water partition coefficient (Wildman–Crippen LogP) is 2.74. The quantitative estimate of drug-likeness (QED) is 0.780. The van der Waals surface area contributed by atoms with E-state index in [9.17, 15) is 9.59 Å². The van der Waals surface area contributed by atoms with Crippen LogP contribution in [0, 0.1) is 5.41 Å². The van der Waals surface area contributed by atoms with Gasteiger partial charge in [-0.3, -0.25) is 9.59 Å². The zero-order valence-corrected chi connectivity index (χ0v) is 13.2. The molecular formula is C16H25N3O2. The highest BCUT2D eigenvalue weighted by atomic mass is 16.2. The number of rotatable bonds is 5. The highest BCUT2D eigenvalue weighted by molar-refractivity contribution is 5.93. The van der Waals surface area contributed by atoms with Gasteiger partial charge in [0.1, 0.15) is 0 Å². The summed E-state index contributed by atoms with van der Waals surface area (Å²) in [6.07, 6.45) is 0.709. The number of hydrogen-bond donors (Lipinski definition) is 3. The topological polar surface area (TPSA) is 84.2 Å². The van der Waals surface area contributed by atoms with Crippen molar-refractivity contribution >= 4 is 23.2 Å². The zero-order valence-electron chi connectivity index (χ0n) is 13.2. The van der Waals surface area contributed by atoms with Crippen molar-refractivity contribution in [1.29, 1.82) is 0 Å². The Hall–Kier alpha value is -1.88. The average molecular weight is 291 g/mol. The Kier molecular flexibility index (Phi) is 5.90. The molecule has 116 valence electrons. The molecule has 0 saturated heterocycles. The number of anilines is 2. The lowest BCUT2D eigenvalue weighted by Crippen LogP contribution is -2.38. The summed E-state index contributed by atoms with van der Waals surface area (Å²) in [6.45, 7) is 7.82. The van der Waals surface area contributed by atoms with Gasteiger partial charge in [0.05, 0.1) is 0 Å². The van der Waals surface area contributed by atoms with Crippen molar-refractivity contribution < 1.29 is 9.59 Å². The number of hydrogen-bond acceptors (Lipinski definition) is 3. The number of carbonyl (C=O) groups excluding carboxylic acids is 2. The van der Waals surface area contributed by atoms with Crippen molar-refractivity contribution in [1.82, 2.24) is 0 Å². The van der Waals surface area contributed by atoms with Crippen LogP contribution in [-0.4, -0.2) is 17.9 Å². The van der Waals surface area contributed by atoms with E-state index in [-0.39, 0.29) is 29.7 Å². The van der Waals surface area contributed by atoms with Gasteiger partial charge >= 0.3 is 0 Å². The van der Waals surface area contributed by atoms with Crippen LogP contribution >= 0.6 is 0 Å². The first kappa shape index (κ1) is 17.2. The molecule has 21 heavy (non-hydrogen) atoms. The molecule has 1 aromatic carbocycles. The minimum Gasteiger partial charge on any atom is -0.327 e. The fraction of sp³-hybridized carbons (Fsp3) is 0.500. The molecule has 0 fully saturated rings. The number of nitrogens with one attached hydrogen (secondary N) is 2. The summed E-state index contributed by atoms with van der Waals surface area (Å²) in [5, 5.41) is 5.56. The van der Waals surface area contributed by atoms with Gasteiger partial charge in [-0.2, -0.15) is 0 Å². The van der Waals surface area contributed by atoms with E-state index in [0.29, 0.717) is 17.8 Å². The van der Waals surface area contributed by atoms with Gasteiger partial charge < -0.3 is 16.4 Å². The maximum atomic E-state index is 11.9. The highest BCUT2D eigenvalue weighted by Crippen LogP contribution is 2.20. The van der Waals surface area contributed by atoms with Crippen molar-refractivity contribution in [2.75, 3.05) is 10.6 Å². The van der Waals surface area contributed by atoms with Crippen LogP contribution in [0.4, 0.5) is 11.4 Å². The standard InChI is InChI=1S/C16H25N3O2/c1-5-14(20)18-11-6-8-12(9-7-11)19-15(21)10-13(17)16(2,3)4/h6-9,13H,5,10,17H2,1-4H3,(H,18,20)(H,19,21). The molecule has 0 heterocycles. The Morgan fingerprint density at radius 2 is 1.48 bits per heavy atom. The monoisotopic (exact) mass is 291 g/mol. The molecular weight excluding hydrogens is 266 g/mol. The molecule has 0 spiro atoms. The lowest BCUT2D eigenvalue weighted by Gasteiger charge is -2.26. The lowest BCUT2D eigenvalue weighted by molar-refractivity contribution is -0.117. The second-order valence-electron chi connectivity index (χ2n) is 6.20. The van der Waals surface area contributed by atoms with Gasteiger partial charge in [-0.15, -0.1) is 0 Å². The van der Waals surface area contributed by atoms with E-state index in [2.05, 4.69) is 10.6 Å². The van der Waals surface area contributed by atoms with Crippen molar-refractivity contribution in [3.8, 4) is 0 Å². The Balaban J connectivity index is 2.56. The highest BCUT2D eigenvalue weighted by Gasteiger charge is 2.23. The molecule has 0 saturated carbocycles. The maximum Gasteiger partial charge on any atom is 0.225 e. The van der Waals surface area contributed by atoms with Gasteiger partial charge in [-0.05, 0) is 29.7 Å². The predicted molar refractivity (Wildman–Crippen MR) is 86.0 cm³/mol. The molecule has 2 amide bonds. The van der Waals surface area contributed by atoms with E-state index >= 15 is 0 Å². The third-order valence-electron chi connectivity index (χ3n) is 3.29. The average Bonchev–Trinajstić information content (AvgIpc) is 2.39. The molecule has 1 rings (SSSR count). The molecule has 0 bridgehead atoms. The van der Waals surface area contributed by atoms with Gasteiger partial charge in [-0.1, -0.05) is 27.7 Å². The van der Waals surface area contributed by atoms with E-state index in [4.69, 9.17) is 5.73 Å². The number of nitrogens with two attached hydrogens (primary N) is 1. The Morgan fingerprint density at radius 3 is 1.86 bits per heavy atom. The van der Waals surface area contributed by atoms with Crippen molar-refractivity contribution in [2.45, 2.75) is 46.6 Å². The van der Waals surface area contributed by atoms with E-state index in [1.54, 1.807) is 31.2 Å². The van der Waals surface area contributed by atoms with E-state index < -0.39 is 0 Å². The van der Waals surface area contributed by atoms with Gasteiger partial charge in [0.25, 0.3) is 0 Å². The third-order valence-corrected chi connectivity index (χ3v) is 3.29. The maximum absolute atomic E-state index is 11.9. The van der Waals surface area contributed by atoms with E-state index in [1.807, 2.05) is 20.8 Å². The summed E-state index contributed by atoms with van der Waals surface area (Å²) in [6, 6.07) is 6.83. The third kappa shape index (κ3) is 5.95. The molecule has 5 heteroatoms.